The van der Waals surface area contributed by atoms with E-state index in [0.717, 1.165) is 5.56 Å². The van der Waals surface area contributed by atoms with Crippen molar-refractivity contribution in [3.8, 4) is 0 Å². The average molecular weight is 316 g/mol. The van der Waals surface area contributed by atoms with Crippen molar-refractivity contribution in [1.29, 1.82) is 0 Å². The van der Waals surface area contributed by atoms with Crippen LogP contribution in [0.5, 0.6) is 0 Å². The third-order valence-electron chi connectivity index (χ3n) is 4.71. The predicted molar refractivity (Wildman–Crippen MR) is 81.9 cm³/mol. The molecule has 0 bridgehead atoms. The van der Waals surface area contributed by atoms with Crippen LogP contribution in [0.3, 0.4) is 0 Å². The highest BCUT2D eigenvalue weighted by atomic mass is 16.3. The lowest BCUT2D eigenvalue weighted by Crippen LogP contribution is -2.52. The first-order valence-corrected chi connectivity index (χ1v) is 7.83. The van der Waals surface area contributed by atoms with E-state index >= 15 is 0 Å². The fourth-order valence-electron chi connectivity index (χ4n) is 3.46. The quantitative estimate of drug-likeness (QED) is 0.823. The Bertz CT molecular complexity index is 631. The minimum atomic E-state index is -0.811. The zero-order valence-corrected chi connectivity index (χ0v) is 12.9. The van der Waals surface area contributed by atoms with Crippen LogP contribution in [0, 0.1) is 5.41 Å². The number of hydrogen-bond donors (Lipinski definition) is 1. The number of piperidine rings is 1. The topological polar surface area (TPSA) is 77.9 Å². The zero-order chi connectivity index (χ0) is 16.4. The standard InChI is InChI=1S/C17H20N2O4/c20-9-8-18-12-17(10-15(18)22)7-6-14(21)19(16(17)23)11-13-4-2-1-3-5-13/h1-5,20H,6-12H2. The molecular formula is C17H20N2O4. The molecule has 1 unspecified atom stereocenters. The molecule has 2 fully saturated rings. The largest absolute Gasteiger partial charge is 0.395 e. The summed E-state index contributed by atoms with van der Waals surface area (Å²) >= 11 is 0. The van der Waals surface area contributed by atoms with Gasteiger partial charge in [0.1, 0.15) is 0 Å². The van der Waals surface area contributed by atoms with Crippen LogP contribution in [0.2, 0.25) is 0 Å². The zero-order valence-electron chi connectivity index (χ0n) is 12.9. The van der Waals surface area contributed by atoms with Gasteiger partial charge in [-0.1, -0.05) is 30.3 Å². The molecule has 0 aromatic heterocycles. The molecule has 0 aliphatic carbocycles. The first-order chi connectivity index (χ1) is 11.1. The molecule has 1 aromatic carbocycles. The number of likely N-dealkylation sites (tertiary alicyclic amines) is 2. The molecule has 2 heterocycles. The maximum atomic E-state index is 12.9. The van der Waals surface area contributed by atoms with Crippen molar-refractivity contribution in [2.75, 3.05) is 19.7 Å². The van der Waals surface area contributed by atoms with Crippen LogP contribution in [0.25, 0.3) is 0 Å². The van der Waals surface area contributed by atoms with E-state index in [1.54, 1.807) is 0 Å². The normalized spacial score (nSPS) is 24.8. The second-order valence-corrected chi connectivity index (χ2v) is 6.27. The highest BCUT2D eigenvalue weighted by Gasteiger charge is 2.53. The molecule has 1 spiro atoms. The Balaban J connectivity index is 1.81. The highest BCUT2D eigenvalue weighted by Crippen LogP contribution is 2.41. The molecule has 0 saturated carbocycles. The fourth-order valence-corrected chi connectivity index (χ4v) is 3.46. The second kappa shape index (κ2) is 6.12. The van der Waals surface area contributed by atoms with Crippen LogP contribution in [0.1, 0.15) is 24.8 Å². The van der Waals surface area contributed by atoms with Gasteiger partial charge in [-0.15, -0.1) is 0 Å². The van der Waals surface area contributed by atoms with E-state index in [2.05, 4.69) is 0 Å². The maximum absolute atomic E-state index is 12.9. The summed E-state index contributed by atoms with van der Waals surface area (Å²) in [5.74, 6) is -0.565. The fraction of sp³-hybridized carbons (Fsp3) is 0.471. The number of carbonyl (C=O) groups excluding carboxylic acids is 3. The van der Waals surface area contributed by atoms with Crippen molar-refractivity contribution in [2.24, 2.45) is 5.41 Å². The van der Waals surface area contributed by atoms with Gasteiger partial charge in [-0.2, -0.15) is 0 Å². The minimum Gasteiger partial charge on any atom is -0.395 e. The van der Waals surface area contributed by atoms with E-state index in [1.165, 1.54) is 9.80 Å². The number of benzene rings is 1. The van der Waals surface area contributed by atoms with Gasteiger partial charge in [0, 0.05) is 25.9 Å². The number of aliphatic hydroxyl groups excluding tert-OH is 1. The van der Waals surface area contributed by atoms with Crippen molar-refractivity contribution in [2.45, 2.75) is 25.8 Å². The van der Waals surface area contributed by atoms with Crippen LogP contribution in [0.4, 0.5) is 0 Å². The molecule has 6 nitrogen and oxygen atoms in total. The Hall–Kier alpha value is -2.21. The minimum absolute atomic E-state index is 0.122. The molecule has 122 valence electrons. The van der Waals surface area contributed by atoms with Gasteiger partial charge in [-0.05, 0) is 12.0 Å². The molecule has 0 radical (unpaired) electrons. The van der Waals surface area contributed by atoms with Crippen molar-refractivity contribution < 1.29 is 19.5 Å². The number of rotatable bonds is 4. The lowest BCUT2D eigenvalue weighted by molar-refractivity contribution is -0.158. The first-order valence-electron chi connectivity index (χ1n) is 7.83. The van der Waals surface area contributed by atoms with E-state index in [0.29, 0.717) is 13.0 Å². The van der Waals surface area contributed by atoms with Crippen molar-refractivity contribution >= 4 is 17.7 Å². The Kier molecular flexibility index (Phi) is 4.17. The summed E-state index contributed by atoms with van der Waals surface area (Å²) in [6.07, 6.45) is 0.812. The Morgan fingerprint density at radius 2 is 1.83 bits per heavy atom. The van der Waals surface area contributed by atoms with E-state index in [-0.39, 0.29) is 50.3 Å². The van der Waals surface area contributed by atoms with Crippen LogP contribution >= 0.6 is 0 Å². The Morgan fingerprint density at radius 1 is 1.09 bits per heavy atom. The third kappa shape index (κ3) is 2.86. The second-order valence-electron chi connectivity index (χ2n) is 6.27. The van der Waals surface area contributed by atoms with Gasteiger partial charge in [-0.25, -0.2) is 0 Å². The van der Waals surface area contributed by atoms with E-state index in [1.807, 2.05) is 30.3 Å². The number of aliphatic hydroxyl groups is 1. The van der Waals surface area contributed by atoms with Gasteiger partial charge in [0.15, 0.2) is 0 Å². The molecule has 6 heteroatoms. The summed E-state index contributed by atoms with van der Waals surface area (Å²) in [4.78, 5) is 40.0. The molecule has 3 amide bonds. The average Bonchev–Trinajstić information content (AvgIpc) is 2.87. The highest BCUT2D eigenvalue weighted by molar-refractivity contribution is 6.03. The van der Waals surface area contributed by atoms with E-state index in [9.17, 15) is 14.4 Å². The van der Waals surface area contributed by atoms with Crippen LogP contribution in [0.15, 0.2) is 30.3 Å². The Labute approximate surface area is 134 Å². The molecular weight excluding hydrogens is 296 g/mol. The molecule has 23 heavy (non-hydrogen) atoms. The number of hydrogen-bond acceptors (Lipinski definition) is 4. The van der Waals surface area contributed by atoms with Gasteiger partial charge in [-0.3, -0.25) is 19.3 Å². The van der Waals surface area contributed by atoms with E-state index in [4.69, 9.17) is 5.11 Å². The summed E-state index contributed by atoms with van der Waals surface area (Å²) < 4.78 is 0. The SMILES string of the molecule is O=C1CC2(CCC(=O)N(Cc3ccccc3)C2=O)CN1CCO. The lowest BCUT2D eigenvalue weighted by atomic mass is 9.77. The van der Waals surface area contributed by atoms with Crippen LogP contribution in [-0.4, -0.2) is 52.3 Å². The number of carbonyl (C=O) groups is 3. The summed E-state index contributed by atoms with van der Waals surface area (Å²) in [6.45, 7) is 0.654. The van der Waals surface area contributed by atoms with Gasteiger partial charge >= 0.3 is 0 Å². The summed E-state index contributed by atoms with van der Waals surface area (Å²) in [7, 11) is 0. The van der Waals surface area contributed by atoms with Gasteiger partial charge < -0.3 is 10.0 Å². The molecule has 2 saturated heterocycles. The van der Waals surface area contributed by atoms with Crippen LogP contribution < -0.4 is 0 Å². The van der Waals surface area contributed by atoms with E-state index < -0.39 is 5.41 Å². The number of amides is 3. The summed E-state index contributed by atoms with van der Waals surface area (Å²) in [6, 6.07) is 9.37. The molecule has 1 N–H and O–H groups in total. The van der Waals surface area contributed by atoms with Crippen molar-refractivity contribution in [3.05, 3.63) is 35.9 Å². The van der Waals surface area contributed by atoms with Crippen molar-refractivity contribution in [3.63, 3.8) is 0 Å². The molecule has 2 aliphatic heterocycles. The third-order valence-corrected chi connectivity index (χ3v) is 4.71. The van der Waals surface area contributed by atoms with Gasteiger partial charge in [0.05, 0.1) is 18.6 Å². The molecule has 1 aromatic rings. The van der Waals surface area contributed by atoms with Crippen molar-refractivity contribution in [1.82, 2.24) is 9.80 Å². The summed E-state index contributed by atoms with van der Waals surface area (Å²) in [5, 5.41) is 9.04. The summed E-state index contributed by atoms with van der Waals surface area (Å²) in [5.41, 5.74) is 0.0809. The van der Waals surface area contributed by atoms with Gasteiger partial charge in [0.2, 0.25) is 17.7 Å². The number of β-amino-alcohol motifs (C(OH)–C–C–N with tert-alkyl or cyclic N) is 1. The number of nitrogens with zero attached hydrogens (tertiary/aromatic N) is 2. The lowest BCUT2D eigenvalue weighted by Gasteiger charge is -2.37. The predicted octanol–water partition coefficient (Wildman–Crippen LogP) is 0.547. The Morgan fingerprint density at radius 3 is 2.52 bits per heavy atom. The molecule has 2 aliphatic rings. The first kappa shape index (κ1) is 15.7. The number of imide groups is 1. The maximum Gasteiger partial charge on any atom is 0.238 e. The van der Waals surface area contributed by atoms with Crippen LogP contribution in [-0.2, 0) is 20.9 Å². The van der Waals surface area contributed by atoms with Gasteiger partial charge in [0.25, 0.3) is 0 Å². The molecule has 3 rings (SSSR count). The molecule has 1 atom stereocenters. The monoisotopic (exact) mass is 316 g/mol. The smallest absolute Gasteiger partial charge is 0.238 e.